The molecule has 8 nitrogen and oxygen atoms in total. The summed E-state index contributed by atoms with van der Waals surface area (Å²) in [5, 5.41) is 10.7. The van der Waals surface area contributed by atoms with E-state index in [1.54, 1.807) is 18.3 Å². The molecule has 0 unspecified atom stereocenters. The number of ether oxygens (including phenoxy) is 1. The molecule has 3 aromatic rings. The van der Waals surface area contributed by atoms with E-state index in [1.165, 1.54) is 28.0 Å². The largest absolute Gasteiger partial charge is 0.477 e. The van der Waals surface area contributed by atoms with Gasteiger partial charge in [0.2, 0.25) is 5.43 Å². The number of rotatable bonds is 2. The molecule has 0 spiro atoms. The third-order valence-corrected chi connectivity index (χ3v) is 3.91. The van der Waals surface area contributed by atoms with E-state index >= 15 is 0 Å². The van der Waals surface area contributed by atoms with Crippen LogP contribution in [0.25, 0.3) is 16.6 Å². The Morgan fingerprint density at radius 1 is 1.46 bits per heavy atom. The quantitative estimate of drug-likeness (QED) is 0.752. The van der Waals surface area contributed by atoms with E-state index in [9.17, 15) is 19.1 Å². The molecule has 9 heteroatoms. The number of nitrogens with zero attached hydrogens (tertiary/aromatic N) is 4. The first-order chi connectivity index (χ1) is 11.5. The van der Waals surface area contributed by atoms with Crippen molar-refractivity contribution in [1.29, 1.82) is 0 Å². The fourth-order valence-electron chi connectivity index (χ4n) is 2.81. The van der Waals surface area contributed by atoms with Crippen LogP contribution in [0, 0.1) is 5.82 Å². The summed E-state index contributed by atoms with van der Waals surface area (Å²) in [6, 6.07) is 1.03. The van der Waals surface area contributed by atoms with Gasteiger partial charge >= 0.3 is 5.97 Å². The molecule has 122 valence electrons. The second-order valence-corrected chi connectivity index (χ2v) is 5.35. The second kappa shape index (κ2) is 4.82. The van der Waals surface area contributed by atoms with Gasteiger partial charge in [-0.05, 0) is 6.07 Å². The van der Waals surface area contributed by atoms with Gasteiger partial charge in [0, 0.05) is 25.6 Å². The minimum absolute atomic E-state index is 0.0576. The molecular formula is C15H11FN4O4. The SMILES string of the molecule is CN1COc2c(-n3ccnc3)c(F)cc3c(=O)c(C(=O)O)cn1c23. The summed E-state index contributed by atoms with van der Waals surface area (Å²) < 4.78 is 23.2. The Bertz CT molecular complexity index is 1040. The highest BCUT2D eigenvalue weighted by Crippen LogP contribution is 2.36. The molecule has 1 aliphatic heterocycles. The Morgan fingerprint density at radius 3 is 2.92 bits per heavy atom. The van der Waals surface area contributed by atoms with Crippen molar-refractivity contribution >= 4 is 16.9 Å². The second-order valence-electron chi connectivity index (χ2n) is 5.35. The molecule has 0 atom stereocenters. The van der Waals surface area contributed by atoms with Gasteiger partial charge in [-0.3, -0.25) is 14.5 Å². The van der Waals surface area contributed by atoms with Crippen molar-refractivity contribution in [3.05, 3.63) is 52.6 Å². The monoisotopic (exact) mass is 330 g/mol. The standard InChI is InChI=1S/C15H11FN4O4/c1-18-7-24-14-11-8(13(21)9(15(22)23)5-20(11)18)4-10(16)12(14)19-3-2-17-6-19/h2-6H,7H2,1H3,(H,22,23). The maximum atomic E-state index is 14.7. The highest BCUT2D eigenvalue weighted by Gasteiger charge is 2.27. The topological polar surface area (TPSA) is 89.6 Å². The van der Waals surface area contributed by atoms with Crippen molar-refractivity contribution in [2.24, 2.45) is 0 Å². The number of imidazole rings is 1. The van der Waals surface area contributed by atoms with Crippen molar-refractivity contribution in [1.82, 2.24) is 14.2 Å². The van der Waals surface area contributed by atoms with Crippen molar-refractivity contribution in [3.63, 3.8) is 0 Å². The van der Waals surface area contributed by atoms with Gasteiger partial charge in [-0.1, -0.05) is 0 Å². The molecule has 0 radical (unpaired) electrons. The van der Waals surface area contributed by atoms with Crippen LogP contribution in [-0.4, -0.2) is 39.1 Å². The smallest absolute Gasteiger partial charge is 0.341 e. The number of carbonyl (C=O) groups is 1. The molecule has 0 saturated carbocycles. The van der Waals surface area contributed by atoms with Gasteiger partial charge in [-0.15, -0.1) is 0 Å². The molecule has 1 aromatic carbocycles. The van der Waals surface area contributed by atoms with E-state index in [0.717, 1.165) is 6.07 Å². The number of carboxylic acid groups (broad SMARTS) is 1. The third kappa shape index (κ3) is 1.81. The predicted octanol–water partition coefficient (Wildman–Crippen LogP) is 0.942. The number of benzene rings is 1. The molecule has 0 aliphatic carbocycles. The molecule has 0 saturated heterocycles. The third-order valence-electron chi connectivity index (χ3n) is 3.91. The summed E-state index contributed by atoms with van der Waals surface area (Å²) >= 11 is 0. The zero-order valence-corrected chi connectivity index (χ0v) is 12.4. The normalized spacial score (nSPS) is 13.2. The lowest BCUT2D eigenvalue weighted by molar-refractivity contribution is 0.0694. The Labute approximate surface area is 133 Å². The van der Waals surface area contributed by atoms with Crippen LogP contribution in [0.4, 0.5) is 4.39 Å². The van der Waals surface area contributed by atoms with Crippen LogP contribution in [0.3, 0.4) is 0 Å². The van der Waals surface area contributed by atoms with Crippen molar-refractivity contribution < 1.29 is 19.0 Å². The van der Waals surface area contributed by atoms with Gasteiger partial charge in [0.15, 0.2) is 18.3 Å². The number of halogens is 1. The zero-order chi connectivity index (χ0) is 17.0. The number of hydrogen-bond donors (Lipinski definition) is 1. The van der Waals surface area contributed by atoms with Crippen LogP contribution in [0.1, 0.15) is 10.4 Å². The molecule has 0 fully saturated rings. The molecular weight excluding hydrogens is 319 g/mol. The summed E-state index contributed by atoms with van der Waals surface area (Å²) in [5.41, 5.74) is -0.768. The van der Waals surface area contributed by atoms with Gasteiger partial charge < -0.3 is 14.4 Å². The van der Waals surface area contributed by atoms with Crippen molar-refractivity contribution in [2.75, 3.05) is 18.8 Å². The molecule has 0 amide bonds. The van der Waals surface area contributed by atoms with Crippen LogP contribution in [0.2, 0.25) is 0 Å². The summed E-state index contributed by atoms with van der Waals surface area (Å²) in [4.78, 5) is 27.6. The highest BCUT2D eigenvalue weighted by atomic mass is 19.1. The number of carboxylic acids is 1. The minimum Gasteiger partial charge on any atom is -0.477 e. The Kier molecular flexibility index (Phi) is 2.86. The van der Waals surface area contributed by atoms with E-state index in [1.807, 2.05) is 0 Å². The van der Waals surface area contributed by atoms with E-state index in [-0.39, 0.29) is 23.6 Å². The molecule has 3 heterocycles. The molecule has 24 heavy (non-hydrogen) atoms. The lowest BCUT2D eigenvalue weighted by Crippen LogP contribution is -2.39. The van der Waals surface area contributed by atoms with E-state index in [4.69, 9.17) is 4.74 Å². The molecule has 2 aromatic heterocycles. The van der Waals surface area contributed by atoms with Crippen molar-refractivity contribution in [3.8, 4) is 11.4 Å². The van der Waals surface area contributed by atoms with E-state index in [2.05, 4.69) is 4.98 Å². The maximum Gasteiger partial charge on any atom is 0.341 e. The van der Waals surface area contributed by atoms with Crippen LogP contribution in [-0.2, 0) is 0 Å². The first-order valence-electron chi connectivity index (χ1n) is 6.96. The number of aromatic carboxylic acids is 1. The Balaban J connectivity index is 2.20. The van der Waals surface area contributed by atoms with Gasteiger partial charge in [0.1, 0.15) is 16.8 Å². The Morgan fingerprint density at radius 2 is 2.25 bits per heavy atom. The van der Waals surface area contributed by atoms with Crippen LogP contribution in [0.15, 0.2) is 35.8 Å². The first kappa shape index (κ1) is 14.2. The molecule has 1 aliphatic rings. The van der Waals surface area contributed by atoms with Crippen LogP contribution < -0.4 is 15.2 Å². The maximum absolute atomic E-state index is 14.7. The minimum atomic E-state index is -1.37. The fourth-order valence-corrected chi connectivity index (χ4v) is 2.81. The highest BCUT2D eigenvalue weighted by molar-refractivity contribution is 5.96. The fraction of sp³-hybridized carbons (Fsp3) is 0.133. The number of hydrogen-bond acceptors (Lipinski definition) is 5. The molecule has 0 bridgehead atoms. The van der Waals surface area contributed by atoms with Gasteiger partial charge in [-0.25, -0.2) is 14.2 Å². The predicted molar refractivity (Wildman–Crippen MR) is 81.9 cm³/mol. The van der Waals surface area contributed by atoms with E-state index < -0.39 is 22.8 Å². The Hall–Kier alpha value is -3.36. The summed E-state index contributed by atoms with van der Waals surface area (Å²) in [6.45, 7) is 0.0647. The first-order valence-corrected chi connectivity index (χ1v) is 6.96. The lowest BCUT2D eigenvalue weighted by Gasteiger charge is -2.31. The average Bonchev–Trinajstić information content (AvgIpc) is 3.06. The van der Waals surface area contributed by atoms with Crippen molar-refractivity contribution in [2.45, 2.75) is 0 Å². The summed E-state index contributed by atoms with van der Waals surface area (Å²) in [5.74, 6) is -1.91. The van der Waals surface area contributed by atoms with E-state index in [0.29, 0.717) is 5.52 Å². The van der Waals surface area contributed by atoms with Crippen LogP contribution >= 0.6 is 0 Å². The summed E-state index contributed by atoms with van der Waals surface area (Å²) in [6.07, 6.45) is 5.67. The zero-order valence-electron chi connectivity index (χ0n) is 12.4. The van der Waals surface area contributed by atoms with Gasteiger partial charge in [0.25, 0.3) is 0 Å². The van der Waals surface area contributed by atoms with Crippen LogP contribution in [0.5, 0.6) is 5.75 Å². The molecule has 4 rings (SSSR count). The average molecular weight is 330 g/mol. The van der Waals surface area contributed by atoms with Gasteiger partial charge in [0.05, 0.1) is 11.7 Å². The number of aromatic nitrogens is 3. The molecule has 1 N–H and O–H groups in total. The van der Waals surface area contributed by atoms with Gasteiger partial charge in [-0.2, -0.15) is 0 Å². The summed E-state index contributed by atoms with van der Waals surface area (Å²) in [7, 11) is 1.67. The number of pyridine rings is 1. The lowest BCUT2D eigenvalue weighted by atomic mass is 10.1.